The molecule has 0 saturated heterocycles. The fourth-order valence-electron chi connectivity index (χ4n) is 5.71. The number of hydrogen-bond donors (Lipinski definition) is 2. The number of alkyl carbamates (subject to hydrolysis) is 2. The molecule has 0 aliphatic heterocycles. The van der Waals surface area contributed by atoms with Crippen LogP contribution < -0.4 is 10.6 Å². The summed E-state index contributed by atoms with van der Waals surface area (Å²) in [7, 11) is -6.16. The molecule has 0 fully saturated rings. The molecule has 2 aliphatic carbocycles. The van der Waals surface area contributed by atoms with Crippen molar-refractivity contribution in [2.24, 2.45) is 4.40 Å². The highest BCUT2D eigenvalue weighted by atomic mass is 32.2. The minimum atomic E-state index is -6.16. The van der Waals surface area contributed by atoms with Gasteiger partial charge in [-0.25, -0.2) is 9.59 Å². The Morgan fingerprint density at radius 3 is 1.24 bits per heavy atom. The van der Waals surface area contributed by atoms with E-state index in [1.807, 2.05) is 97.1 Å². The van der Waals surface area contributed by atoms with Crippen LogP contribution in [0.4, 0.5) is 22.8 Å². The first-order valence-electron chi connectivity index (χ1n) is 13.7. The first-order chi connectivity index (χ1) is 21.5. The van der Waals surface area contributed by atoms with E-state index >= 15 is 0 Å². The van der Waals surface area contributed by atoms with Crippen LogP contribution >= 0.6 is 0 Å². The lowest BCUT2D eigenvalue weighted by Gasteiger charge is -2.17. The fraction of sp³-hybridized carbons (Fsp3) is 0.156. The van der Waals surface area contributed by atoms with Crippen molar-refractivity contribution in [3.05, 3.63) is 119 Å². The Hall–Kier alpha value is -5.17. The molecule has 4 aromatic carbocycles. The van der Waals surface area contributed by atoms with E-state index in [1.165, 1.54) is 0 Å². The fourth-order valence-corrected chi connectivity index (χ4v) is 6.15. The monoisotopic (exact) mass is 635 g/mol. The quantitative estimate of drug-likeness (QED) is 0.197. The van der Waals surface area contributed by atoms with Gasteiger partial charge in [0.15, 0.2) is 0 Å². The third-order valence-corrected chi connectivity index (χ3v) is 8.64. The smallest absolute Gasteiger partial charge is 0.448 e. The minimum absolute atomic E-state index is 0.232. The molecule has 0 heterocycles. The van der Waals surface area contributed by atoms with E-state index in [9.17, 15) is 31.2 Å². The second-order valence-electron chi connectivity index (χ2n) is 10.3. The average Bonchev–Trinajstić information content (AvgIpc) is 3.51. The van der Waals surface area contributed by atoms with E-state index in [-0.39, 0.29) is 13.2 Å². The predicted octanol–water partition coefficient (Wildman–Crippen LogP) is 6.27. The van der Waals surface area contributed by atoms with Crippen LogP contribution in [0.5, 0.6) is 0 Å². The molecule has 0 unspecified atom stereocenters. The molecule has 0 saturated carbocycles. The molecule has 9 nitrogen and oxygen atoms in total. The van der Waals surface area contributed by atoms with Crippen LogP contribution in [0.25, 0.3) is 22.3 Å². The zero-order chi connectivity index (χ0) is 31.8. The Bertz CT molecular complexity index is 1740. The summed E-state index contributed by atoms with van der Waals surface area (Å²) in [6, 6.07) is 29.9. The number of halogens is 3. The molecule has 13 heteroatoms. The van der Waals surface area contributed by atoms with Crippen molar-refractivity contribution in [1.82, 2.24) is 10.6 Å². The van der Waals surface area contributed by atoms with Crippen molar-refractivity contribution >= 4 is 28.2 Å². The Labute approximate surface area is 255 Å². The highest BCUT2D eigenvalue weighted by Crippen LogP contribution is 2.45. The molecule has 0 radical (unpaired) electrons. The average molecular weight is 636 g/mol. The Morgan fingerprint density at radius 1 is 0.622 bits per heavy atom. The van der Waals surface area contributed by atoms with Gasteiger partial charge in [0.25, 0.3) is 0 Å². The summed E-state index contributed by atoms with van der Waals surface area (Å²) >= 11 is 0. The van der Waals surface area contributed by atoms with Crippen LogP contribution in [-0.4, -0.2) is 45.3 Å². The summed E-state index contributed by atoms with van der Waals surface area (Å²) in [6.45, 7) is -0.464. The number of nitrogens with one attached hydrogen (secondary N) is 2. The van der Waals surface area contributed by atoms with Crippen molar-refractivity contribution in [3.63, 3.8) is 0 Å². The van der Waals surface area contributed by atoms with E-state index in [0.717, 1.165) is 44.5 Å². The molecule has 0 aromatic heterocycles. The number of ether oxygens (including phenoxy) is 2. The van der Waals surface area contributed by atoms with Gasteiger partial charge in [-0.05, 0) is 44.5 Å². The maximum Gasteiger partial charge on any atom is 0.518 e. The van der Waals surface area contributed by atoms with Crippen LogP contribution in [0.1, 0.15) is 34.1 Å². The summed E-state index contributed by atoms with van der Waals surface area (Å²) in [5, 5.41) is 3.61. The van der Waals surface area contributed by atoms with Gasteiger partial charge < -0.3 is 9.47 Å². The topological polar surface area (TPSA) is 123 Å². The molecular formula is C32H24F3N3O6S. The molecule has 2 N–H and O–H groups in total. The molecule has 0 bridgehead atoms. The third kappa shape index (κ3) is 5.86. The van der Waals surface area contributed by atoms with Gasteiger partial charge in [-0.2, -0.15) is 21.6 Å². The second-order valence-corrected chi connectivity index (χ2v) is 11.9. The third-order valence-electron chi connectivity index (χ3n) is 7.63. The van der Waals surface area contributed by atoms with Crippen LogP contribution in [0.2, 0.25) is 0 Å². The summed E-state index contributed by atoms with van der Waals surface area (Å²) in [4.78, 5) is 25.4. The van der Waals surface area contributed by atoms with Gasteiger partial charge >= 0.3 is 27.7 Å². The maximum atomic E-state index is 13.2. The number of guanidine groups is 1. The standard InChI is InChI=1S/C32H24F3N3O6S/c33-32(34,35)45(41,42)38-29(36-30(39)43-17-27-23-13-5-1-9-19(23)20-10-2-6-14-24(20)27)37-31(40)44-18-28-25-15-7-3-11-21(25)22-12-4-8-16-26(22)28/h1-16,27-28H,17-18H2,(H2,36,37,38,39,40). The summed E-state index contributed by atoms with van der Waals surface area (Å²) in [5.74, 6) is -2.11. The SMILES string of the molecule is O=C(NC(=NS(=O)(=O)C(F)(F)F)NC(=O)OCC1c2ccccc2-c2ccccc21)OCC1c2ccccc2-c2ccccc21. The van der Waals surface area contributed by atoms with Crippen molar-refractivity contribution in [3.8, 4) is 22.3 Å². The number of rotatable bonds is 5. The number of nitrogens with zero attached hydrogens (tertiary/aromatic N) is 1. The largest absolute Gasteiger partial charge is 0.518 e. The van der Waals surface area contributed by atoms with E-state index in [1.54, 1.807) is 10.6 Å². The second kappa shape index (κ2) is 11.7. The maximum absolute atomic E-state index is 13.2. The van der Waals surface area contributed by atoms with Crippen molar-refractivity contribution in [2.45, 2.75) is 17.3 Å². The lowest BCUT2D eigenvalue weighted by Crippen LogP contribution is -2.46. The normalized spacial score (nSPS) is 13.6. The molecule has 2 aliphatic rings. The number of amides is 2. The lowest BCUT2D eigenvalue weighted by atomic mass is 9.98. The number of alkyl halides is 3. The summed E-state index contributed by atoms with van der Waals surface area (Å²) in [5.41, 5.74) is 1.46. The van der Waals surface area contributed by atoms with Crippen molar-refractivity contribution in [2.75, 3.05) is 13.2 Å². The zero-order valence-electron chi connectivity index (χ0n) is 23.2. The van der Waals surface area contributed by atoms with E-state index in [2.05, 4.69) is 4.40 Å². The number of carbonyl (C=O) groups excluding carboxylic acids is 2. The van der Waals surface area contributed by atoms with Crippen molar-refractivity contribution in [1.29, 1.82) is 0 Å². The van der Waals surface area contributed by atoms with Crippen LogP contribution in [0, 0.1) is 0 Å². The number of benzene rings is 4. The lowest BCUT2D eigenvalue weighted by molar-refractivity contribution is -0.0435. The summed E-state index contributed by atoms with van der Waals surface area (Å²) in [6.07, 6.45) is -2.68. The van der Waals surface area contributed by atoms with Crippen LogP contribution in [-0.2, 0) is 19.5 Å². The molecule has 4 aromatic rings. The van der Waals surface area contributed by atoms with Gasteiger partial charge in [-0.1, -0.05) is 97.1 Å². The molecule has 0 atom stereocenters. The molecule has 2 amide bonds. The number of fused-ring (bicyclic) bond motifs is 6. The number of carbonyl (C=O) groups is 2. The Morgan fingerprint density at radius 2 is 0.933 bits per heavy atom. The molecule has 0 spiro atoms. The van der Waals surface area contributed by atoms with Crippen LogP contribution in [0.3, 0.4) is 0 Å². The van der Waals surface area contributed by atoms with Crippen molar-refractivity contribution < 1.29 is 40.7 Å². The Kier molecular flexibility index (Phi) is 7.79. The van der Waals surface area contributed by atoms with Gasteiger partial charge in [0, 0.05) is 11.8 Å². The first-order valence-corrected chi connectivity index (χ1v) is 15.1. The van der Waals surface area contributed by atoms with E-state index in [0.29, 0.717) is 0 Å². The first kappa shape index (κ1) is 29.9. The van der Waals surface area contributed by atoms with E-state index < -0.39 is 45.5 Å². The highest BCUT2D eigenvalue weighted by Gasteiger charge is 2.46. The van der Waals surface area contributed by atoms with Gasteiger partial charge in [-0.3, -0.25) is 10.6 Å². The zero-order valence-corrected chi connectivity index (χ0v) is 24.1. The van der Waals surface area contributed by atoms with Gasteiger partial charge in [0.1, 0.15) is 13.2 Å². The number of sulfonamides is 1. The molecular weight excluding hydrogens is 611 g/mol. The Balaban J connectivity index is 1.16. The summed E-state index contributed by atoms with van der Waals surface area (Å²) < 4.78 is 76.2. The minimum Gasteiger partial charge on any atom is -0.448 e. The predicted molar refractivity (Wildman–Crippen MR) is 159 cm³/mol. The highest BCUT2D eigenvalue weighted by molar-refractivity contribution is 7.91. The van der Waals surface area contributed by atoms with Gasteiger partial charge in [0.05, 0.1) is 0 Å². The number of hydrogen-bond acceptors (Lipinski definition) is 6. The van der Waals surface area contributed by atoms with Crippen LogP contribution in [0.15, 0.2) is 101 Å². The molecule has 6 rings (SSSR count). The molecule has 45 heavy (non-hydrogen) atoms. The van der Waals surface area contributed by atoms with Gasteiger partial charge in [0.2, 0.25) is 5.96 Å². The van der Waals surface area contributed by atoms with Gasteiger partial charge in [-0.15, -0.1) is 4.40 Å². The van der Waals surface area contributed by atoms with E-state index in [4.69, 9.17) is 9.47 Å². The molecule has 230 valence electrons.